The van der Waals surface area contributed by atoms with Crippen LogP contribution in [0.1, 0.15) is 71.8 Å². The fourth-order valence-corrected chi connectivity index (χ4v) is 7.29. The minimum Gasteiger partial charge on any atom is -0.465 e. The van der Waals surface area contributed by atoms with Crippen molar-refractivity contribution < 1.29 is 14.3 Å². The van der Waals surface area contributed by atoms with Crippen molar-refractivity contribution in [3.8, 4) is 6.07 Å². The van der Waals surface area contributed by atoms with Crippen LogP contribution in [-0.4, -0.2) is 18.9 Å². The Morgan fingerprint density at radius 2 is 1.92 bits per heavy atom. The summed E-state index contributed by atoms with van der Waals surface area (Å²) in [6.45, 7) is 4.12. The van der Waals surface area contributed by atoms with Crippen LogP contribution >= 0.6 is 22.9 Å². The number of ether oxygens (including phenoxy) is 1. The highest BCUT2D eigenvalue weighted by molar-refractivity contribution is 7.16. The van der Waals surface area contributed by atoms with Crippen LogP contribution in [0.15, 0.2) is 46.9 Å². The van der Waals surface area contributed by atoms with Crippen molar-refractivity contribution in [1.82, 2.24) is 0 Å². The number of hydrogen-bond acceptors (Lipinski definition) is 7. The SMILES string of the molecule is COC(=O)c1c(N2C(N)=C(C#N)[C@H](c3ccc(Cl)cc3)C3=C2CC(C)(C)CC3=O)sc2c1CCCC2. The summed E-state index contributed by atoms with van der Waals surface area (Å²) >= 11 is 7.66. The lowest BCUT2D eigenvalue weighted by Crippen LogP contribution is -2.42. The summed E-state index contributed by atoms with van der Waals surface area (Å²) in [5.41, 5.74) is 10.4. The number of esters is 1. The number of carbonyl (C=O) groups excluding carboxylic acids is 2. The largest absolute Gasteiger partial charge is 0.465 e. The summed E-state index contributed by atoms with van der Waals surface area (Å²) in [5.74, 6) is -0.754. The summed E-state index contributed by atoms with van der Waals surface area (Å²) in [6, 6.07) is 9.50. The minimum absolute atomic E-state index is 0.00705. The van der Waals surface area contributed by atoms with Gasteiger partial charge < -0.3 is 10.5 Å². The van der Waals surface area contributed by atoms with E-state index in [1.807, 2.05) is 17.0 Å². The number of rotatable bonds is 3. The number of hydrogen-bond donors (Lipinski definition) is 1. The highest BCUT2D eigenvalue weighted by Crippen LogP contribution is 2.53. The van der Waals surface area contributed by atoms with Crippen LogP contribution < -0.4 is 10.6 Å². The quantitative estimate of drug-likeness (QED) is 0.497. The van der Waals surface area contributed by atoms with Crippen LogP contribution in [0.25, 0.3) is 0 Å². The van der Waals surface area contributed by atoms with Crippen molar-refractivity contribution in [3.05, 3.63) is 73.5 Å². The average Bonchev–Trinajstić information content (AvgIpc) is 3.21. The lowest BCUT2D eigenvalue weighted by atomic mass is 9.68. The second-order valence-corrected chi connectivity index (χ2v) is 11.9. The number of carbonyl (C=O) groups is 2. The van der Waals surface area contributed by atoms with Crippen molar-refractivity contribution >= 4 is 39.7 Å². The number of benzene rings is 1. The fourth-order valence-electron chi connectivity index (χ4n) is 5.75. The average molecular weight is 522 g/mol. The van der Waals surface area contributed by atoms with E-state index in [-0.39, 0.29) is 17.0 Å². The molecule has 1 aliphatic heterocycles. The monoisotopic (exact) mass is 521 g/mol. The number of methoxy groups -OCH3 is 1. The zero-order chi connectivity index (χ0) is 25.8. The third kappa shape index (κ3) is 3.93. The van der Waals surface area contributed by atoms with Gasteiger partial charge in [-0.2, -0.15) is 5.26 Å². The van der Waals surface area contributed by atoms with Crippen LogP contribution in [0, 0.1) is 16.7 Å². The summed E-state index contributed by atoms with van der Waals surface area (Å²) in [6.07, 6.45) is 4.69. The molecule has 2 heterocycles. The smallest absolute Gasteiger partial charge is 0.341 e. The first-order chi connectivity index (χ1) is 17.2. The minimum atomic E-state index is -0.585. The van der Waals surface area contributed by atoms with Gasteiger partial charge in [-0.15, -0.1) is 11.3 Å². The maximum Gasteiger partial charge on any atom is 0.341 e. The first-order valence-electron chi connectivity index (χ1n) is 12.1. The van der Waals surface area contributed by atoms with Gasteiger partial charge in [0.1, 0.15) is 10.8 Å². The van der Waals surface area contributed by atoms with Gasteiger partial charge in [0.05, 0.1) is 30.2 Å². The summed E-state index contributed by atoms with van der Waals surface area (Å²) in [4.78, 5) is 29.8. The molecule has 6 nitrogen and oxygen atoms in total. The number of ketones is 1. The van der Waals surface area contributed by atoms with Crippen LogP contribution in [0.3, 0.4) is 0 Å². The molecule has 186 valence electrons. The van der Waals surface area contributed by atoms with Crippen LogP contribution in [0.2, 0.25) is 5.02 Å². The second kappa shape index (κ2) is 9.10. The summed E-state index contributed by atoms with van der Waals surface area (Å²) in [7, 11) is 1.38. The first kappa shape index (κ1) is 24.6. The molecule has 0 saturated carbocycles. The predicted octanol–water partition coefficient (Wildman–Crippen LogP) is 6.01. The Hall–Kier alpha value is -3.08. The Morgan fingerprint density at radius 1 is 1.22 bits per heavy atom. The number of Topliss-reactive ketones (excluding diaryl/α,β-unsaturated/α-hetero) is 1. The molecule has 1 atom stereocenters. The van der Waals surface area contributed by atoms with E-state index in [2.05, 4.69) is 19.9 Å². The van der Waals surface area contributed by atoms with E-state index in [9.17, 15) is 14.9 Å². The molecule has 0 radical (unpaired) electrons. The predicted molar refractivity (Wildman–Crippen MR) is 141 cm³/mol. The highest BCUT2D eigenvalue weighted by atomic mass is 35.5. The van der Waals surface area contributed by atoms with Gasteiger partial charge in [-0.05, 0) is 60.8 Å². The van der Waals surface area contributed by atoms with Gasteiger partial charge in [-0.1, -0.05) is 37.6 Å². The third-order valence-electron chi connectivity index (χ3n) is 7.33. The summed E-state index contributed by atoms with van der Waals surface area (Å²) in [5, 5.41) is 11.5. The van der Waals surface area contributed by atoms with Gasteiger partial charge in [0, 0.05) is 27.6 Å². The van der Waals surface area contributed by atoms with Gasteiger partial charge in [0.2, 0.25) is 0 Å². The molecule has 5 rings (SSSR count). The van der Waals surface area contributed by atoms with E-state index in [4.69, 9.17) is 22.1 Å². The maximum atomic E-state index is 13.7. The van der Waals surface area contributed by atoms with E-state index in [0.717, 1.165) is 47.4 Å². The molecule has 0 fully saturated rings. The van der Waals surface area contributed by atoms with E-state index >= 15 is 0 Å². The van der Waals surface area contributed by atoms with Crippen molar-refractivity contribution in [3.63, 3.8) is 0 Å². The molecule has 1 aromatic carbocycles. The Morgan fingerprint density at radius 3 is 2.58 bits per heavy atom. The molecule has 3 aliphatic rings. The first-order valence-corrected chi connectivity index (χ1v) is 13.3. The van der Waals surface area contributed by atoms with Gasteiger partial charge in [0.15, 0.2) is 5.78 Å². The van der Waals surface area contributed by atoms with E-state index in [1.54, 1.807) is 12.1 Å². The second-order valence-electron chi connectivity index (χ2n) is 10.4. The number of nitrogens with zero attached hydrogens (tertiary/aromatic N) is 2. The number of fused-ring (bicyclic) bond motifs is 1. The molecule has 2 aromatic rings. The van der Waals surface area contributed by atoms with Crippen LogP contribution in [-0.2, 0) is 22.4 Å². The molecule has 1 aromatic heterocycles. The Balaban J connectivity index is 1.80. The lowest BCUT2D eigenvalue weighted by Gasteiger charge is -2.43. The topological polar surface area (TPSA) is 96.4 Å². The Kier molecular flexibility index (Phi) is 6.22. The standard InChI is InChI=1S/C28H28ClN3O3S/c1-28(2)12-19-24(20(33)13-28)22(15-8-10-16(29)11-9-15)18(14-30)25(31)32(19)26-23(27(34)35-3)17-6-4-5-7-21(17)36-26/h8-11,22H,4-7,12-13,31H2,1-3H3/t22-/m0/s1. The number of nitriles is 1. The number of aryl methyl sites for hydroxylation is 1. The molecule has 2 aliphatic carbocycles. The molecule has 0 saturated heterocycles. The van der Waals surface area contributed by atoms with Gasteiger partial charge in [0.25, 0.3) is 0 Å². The number of allylic oxidation sites excluding steroid dienone is 3. The molecule has 36 heavy (non-hydrogen) atoms. The molecule has 0 amide bonds. The summed E-state index contributed by atoms with van der Waals surface area (Å²) < 4.78 is 5.20. The van der Waals surface area contributed by atoms with Gasteiger partial charge in [-0.3, -0.25) is 9.69 Å². The number of halogens is 1. The zero-order valence-electron chi connectivity index (χ0n) is 20.6. The lowest BCUT2D eigenvalue weighted by molar-refractivity contribution is -0.118. The molecule has 0 bridgehead atoms. The van der Waals surface area contributed by atoms with Gasteiger partial charge in [-0.25, -0.2) is 4.79 Å². The number of thiophene rings is 1. The Labute approximate surface area is 220 Å². The van der Waals surface area contributed by atoms with E-state index < -0.39 is 11.9 Å². The van der Waals surface area contributed by atoms with Crippen molar-refractivity contribution in [2.75, 3.05) is 12.0 Å². The molecule has 0 spiro atoms. The van der Waals surface area contributed by atoms with Crippen molar-refractivity contribution in [2.24, 2.45) is 11.1 Å². The van der Waals surface area contributed by atoms with Crippen molar-refractivity contribution in [1.29, 1.82) is 5.26 Å². The highest BCUT2D eigenvalue weighted by Gasteiger charge is 2.46. The normalized spacial score (nSPS) is 21.1. The number of anilines is 1. The van der Waals surface area contributed by atoms with Crippen LogP contribution in [0.4, 0.5) is 5.00 Å². The van der Waals surface area contributed by atoms with Crippen LogP contribution in [0.5, 0.6) is 0 Å². The molecule has 0 unspecified atom stereocenters. The number of nitrogens with two attached hydrogens (primary N) is 1. The third-order valence-corrected chi connectivity index (χ3v) is 8.86. The van der Waals surface area contributed by atoms with E-state index in [0.29, 0.717) is 39.6 Å². The molecular weight excluding hydrogens is 494 g/mol. The Bertz CT molecular complexity index is 1380. The van der Waals surface area contributed by atoms with Crippen molar-refractivity contribution in [2.45, 2.75) is 58.3 Å². The zero-order valence-corrected chi connectivity index (χ0v) is 22.2. The maximum absolute atomic E-state index is 13.7. The fraction of sp³-hybridized carbons (Fsp3) is 0.393. The molecule has 8 heteroatoms. The van der Waals surface area contributed by atoms with Gasteiger partial charge >= 0.3 is 5.97 Å². The molecular formula is C28H28ClN3O3S. The van der Waals surface area contributed by atoms with E-state index in [1.165, 1.54) is 18.4 Å². The molecule has 2 N–H and O–H groups in total.